The van der Waals surface area contributed by atoms with E-state index in [2.05, 4.69) is 26.5 Å². The zero-order valence-corrected chi connectivity index (χ0v) is 14.9. The molecule has 134 valence electrons. The topological polar surface area (TPSA) is 68.2 Å². The van der Waals surface area contributed by atoms with Crippen LogP contribution in [-0.4, -0.2) is 40.5 Å². The summed E-state index contributed by atoms with van der Waals surface area (Å²) in [4.78, 5) is 12.2. The van der Waals surface area contributed by atoms with Crippen molar-refractivity contribution >= 4 is 18.3 Å². The van der Waals surface area contributed by atoms with Crippen molar-refractivity contribution < 1.29 is 9.53 Å². The number of carbonyl (C=O) groups is 1. The summed E-state index contributed by atoms with van der Waals surface area (Å²) in [5.41, 5.74) is 2.32. The third kappa shape index (κ3) is 3.76. The summed E-state index contributed by atoms with van der Waals surface area (Å²) in [6, 6.07) is 2.31. The van der Waals surface area contributed by atoms with E-state index >= 15 is 0 Å². The van der Waals surface area contributed by atoms with Crippen molar-refractivity contribution in [3.05, 3.63) is 17.5 Å². The first-order chi connectivity index (χ1) is 11.2. The Morgan fingerprint density at radius 3 is 3.08 bits per heavy atom. The summed E-state index contributed by atoms with van der Waals surface area (Å²) in [6.45, 7) is 3.44. The Hall–Kier alpha value is -1.11. The van der Waals surface area contributed by atoms with Crippen molar-refractivity contribution in [1.29, 1.82) is 0 Å². The number of aromatic nitrogens is 2. The molecule has 24 heavy (non-hydrogen) atoms. The van der Waals surface area contributed by atoms with Gasteiger partial charge in [0.2, 0.25) is 5.91 Å². The van der Waals surface area contributed by atoms with Gasteiger partial charge in [-0.25, -0.2) is 0 Å². The number of nitrogens with zero attached hydrogens (tertiary/aromatic N) is 2. The van der Waals surface area contributed by atoms with Gasteiger partial charge in [0.15, 0.2) is 0 Å². The van der Waals surface area contributed by atoms with Crippen LogP contribution in [0.2, 0.25) is 0 Å². The van der Waals surface area contributed by atoms with Crippen LogP contribution < -0.4 is 10.6 Å². The van der Waals surface area contributed by atoms with Gasteiger partial charge in [-0.3, -0.25) is 9.48 Å². The second-order valence-electron chi connectivity index (χ2n) is 7.20. The van der Waals surface area contributed by atoms with Gasteiger partial charge in [0.1, 0.15) is 0 Å². The Morgan fingerprint density at radius 2 is 2.29 bits per heavy atom. The molecule has 7 heteroatoms. The molecular weight excluding hydrogens is 328 g/mol. The third-order valence-corrected chi connectivity index (χ3v) is 5.42. The summed E-state index contributed by atoms with van der Waals surface area (Å²) >= 11 is 0. The maximum atomic E-state index is 12.2. The number of halogens is 1. The van der Waals surface area contributed by atoms with E-state index in [0.717, 1.165) is 44.6 Å². The molecule has 0 aromatic carbocycles. The van der Waals surface area contributed by atoms with Gasteiger partial charge in [-0.2, -0.15) is 5.10 Å². The molecule has 1 amide bonds. The second kappa shape index (κ2) is 7.42. The van der Waals surface area contributed by atoms with Gasteiger partial charge in [-0.1, -0.05) is 12.8 Å². The molecule has 3 heterocycles. The molecular formula is C17H27ClN4O2. The van der Waals surface area contributed by atoms with Crippen LogP contribution in [0.5, 0.6) is 0 Å². The van der Waals surface area contributed by atoms with Crippen LogP contribution in [0.1, 0.15) is 49.9 Å². The lowest BCUT2D eigenvalue weighted by molar-refractivity contribution is -0.121. The largest absolute Gasteiger partial charge is 0.373 e. The zero-order chi connectivity index (χ0) is 15.7. The van der Waals surface area contributed by atoms with Gasteiger partial charge >= 0.3 is 0 Å². The highest BCUT2D eigenvalue weighted by Crippen LogP contribution is 2.40. The quantitative estimate of drug-likeness (QED) is 0.861. The Kier molecular flexibility index (Phi) is 5.47. The number of rotatable bonds is 4. The molecule has 1 aromatic rings. The summed E-state index contributed by atoms with van der Waals surface area (Å²) < 4.78 is 8.05. The van der Waals surface area contributed by atoms with E-state index < -0.39 is 0 Å². The maximum absolute atomic E-state index is 12.2. The molecule has 4 rings (SSSR count). The van der Waals surface area contributed by atoms with Crippen LogP contribution in [0, 0.1) is 0 Å². The fourth-order valence-corrected chi connectivity index (χ4v) is 4.22. The average Bonchev–Trinajstić information content (AvgIpc) is 3.26. The molecule has 0 radical (unpaired) electrons. The predicted molar refractivity (Wildman–Crippen MR) is 93.2 cm³/mol. The lowest BCUT2D eigenvalue weighted by Crippen LogP contribution is -2.36. The number of amides is 1. The molecule has 3 aliphatic rings. The minimum Gasteiger partial charge on any atom is -0.373 e. The average molecular weight is 355 g/mol. The van der Waals surface area contributed by atoms with Gasteiger partial charge in [0.05, 0.1) is 36.2 Å². The number of ether oxygens (including phenoxy) is 1. The Balaban J connectivity index is 0.00000169. The molecule has 1 saturated heterocycles. The summed E-state index contributed by atoms with van der Waals surface area (Å²) in [5, 5.41) is 11.1. The maximum Gasteiger partial charge on any atom is 0.220 e. The first-order valence-electron chi connectivity index (χ1n) is 8.92. The fourth-order valence-electron chi connectivity index (χ4n) is 4.22. The predicted octanol–water partition coefficient (Wildman–Crippen LogP) is 1.56. The Labute approximate surface area is 149 Å². The SMILES string of the molecule is Cl.O=C(CCc1cc2n(n1)CCNC2)NC1COC2(CCCC2)C1. The van der Waals surface area contributed by atoms with Crippen LogP contribution >= 0.6 is 12.4 Å². The van der Waals surface area contributed by atoms with Gasteiger partial charge < -0.3 is 15.4 Å². The van der Waals surface area contributed by atoms with Crippen LogP contribution in [0.25, 0.3) is 0 Å². The van der Waals surface area contributed by atoms with E-state index in [1.54, 1.807) is 0 Å². The normalized spacial score (nSPS) is 24.6. The smallest absolute Gasteiger partial charge is 0.220 e. The number of aryl methyl sites for hydroxylation is 1. The molecule has 2 aliphatic heterocycles. The monoisotopic (exact) mass is 354 g/mol. The molecule has 1 atom stereocenters. The van der Waals surface area contributed by atoms with Gasteiger partial charge in [0, 0.05) is 25.9 Å². The van der Waals surface area contributed by atoms with Crippen molar-refractivity contribution in [3.8, 4) is 0 Å². The molecule has 1 spiro atoms. The molecule has 1 aliphatic carbocycles. The molecule has 0 bridgehead atoms. The Bertz CT molecular complexity index is 560. The van der Waals surface area contributed by atoms with Crippen LogP contribution in [0.3, 0.4) is 0 Å². The number of hydrogen-bond acceptors (Lipinski definition) is 4. The van der Waals surface area contributed by atoms with Gasteiger partial charge in [-0.15, -0.1) is 12.4 Å². The molecule has 1 aromatic heterocycles. The highest BCUT2D eigenvalue weighted by molar-refractivity contribution is 5.85. The number of nitrogens with one attached hydrogen (secondary N) is 2. The van der Waals surface area contributed by atoms with E-state index in [-0.39, 0.29) is 30.0 Å². The fraction of sp³-hybridized carbons (Fsp3) is 0.765. The van der Waals surface area contributed by atoms with E-state index in [1.165, 1.54) is 18.5 Å². The minimum atomic E-state index is 0. The number of fused-ring (bicyclic) bond motifs is 1. The molecule has 1 unspecified atom stereocenters. The first kappa shape index (κ1) is 17.7. The molecule has 1 saturated carbocycles. The number of carbonyl (C=O) groups excluding carboxylic acids is 1. The standard InChI is InChI=1S/C17H26N4O2.ClH/c22-16(19-14-10-17(23-12-14)5-1-2-6-17)4-3-13-9-15-11-18-7-8-21(15)20-13;/h9,14,18H,1-8,10-12H2,(H,19,22);1H. The Morgan fingerprint density at radius 1 is 1.46 bits per heavy atom. The van der Waals surface area contributed by atoms with E-state index in [1.807, 2.05) is 0 Å². The van der Waals surface area contributed by atoms with Crippen LogP contribution in [-0.2, 0) is 29.0 Å². The lowest BCUT2D eigenvalue weighted by Gasteiger charge is -2.21. The lowest BCUT2D eigenvalue weighted by atomic mass is 9.96. The molecule has 6 nitrogen and oxygen atoms in total. The summed E-state index contributed by atoms with van der Waals surface area (Å²) in [6.07, 6.45) is 7.06. The van der Waals surface area contributed by atoms with Crippen molar-refractivity contribution in [2.24, 2.45) is 0 Å². The number of hydrogen-bond donors (Lipinski definition) is 2. The highest BCUT2D eigenvalue weighted by Gasteiger charge is 2.42. The van der Waals surface area contributed by atoms with Crippen molar-refractivity contribution in [3.63, 3.8) is 0 Å². The molecule has 2 N–H and O–H groups in total. The van der Waals surface area contributed by atoms with Gasteiger partial charge in [-0.05, 0) is 25.3 Å². The van der Waals surface area contributed by atoms with Crippen molar-refractivity contribution in [2.45, 2.75) is 69.7 Å². The van der Waals surface area contributed by atoms with Crippen LogP contribution in [0.4, 0.5) is 0 Å². The highest BCUT2D eigenvalue weighted by atomic mass is 35.5. The van der Waals surface area contributed by atoms with E-state index in [9.17, 15) is 4.79 Å². The summed E-state index contributed by atoms with van der Waals surface area (Å²) in [7, 11) is 0. The van der Waals surface area contributed by atoms with E-state index in [4.69, 9.17) is 4.74 Å². The van der Waals surface area contributed by atoms with Crippen LogP contribution in [0.15, 0.2) is 6.07 Å². The zero-order valence-electron chi connectivity index (χ0n) is 14.1. The van der Waals surface area contributed by atoms with E-state index in [0.29, 0.717) is 19.4 Å². The first-order valence-corrected chi connectivity index (χ1v) is 8.92. The molecule has 2 fully saturated rings. The third-order valence-electron chi connectivity index (χ3n) is 5.42. The van der Waals surface area contributed by atoms with Crippen molar-refractivity contribution in [1.82, 2.24) is 20.4 Å². The van der Waals surface area contributed by atoms with Crippen molar-refractivity contribution in [2.75, 3.05) is 13.2 Å². The minimum absolute atomic E-state index is 0. The van der Waals surface area contributed by atoms with Gasteiger partial charge in [0.25, 0.3) is 0 Å². The second-order valence-corrected chi connectivity index (χ2v) is 7.20. The summed E-state index contributed by atoms with van der Waals surface area (Å²) in [5.74, 6) is 0.123.